The molecule has 1 fully saturated rings. The largest absolute Gasteiger partial charge is 0.366 e. The molecule has 4 nitrogen and oxygen atoms in total. The van der Waals surface area contributed by atoms with Crippen LogP contribution in [0.25, 0.3) is 5.57 Å². The number of rotatable bonds is 3. The summed E-state index contributed by atoms with van der Waals surface area (Å²) in [5.41, 5.74) is 3.79. The van der Waals surface area contributed by atoms with E-state index >= 15 is 0 Å². The van der Waals surface area contributed by atoms with Crippen LogP contribution < -0.4 is 4.90 Å². The molecule has 0 bridgehead atoms. The second-order valence-electron chi connectivity index (χ2n) is 6.63. The number of hydrogen-bond acceptors (Lipinski definition) is 4. The van der Waals surface area contributed by atoms with Crippen LogP contribution in [0.4, 0.5) is 5.69 Å². The van der Waals surface area contributed by atoms with Gasteiger partial charge >= 0.3 is 0 Å². The van der Waals surface area contributed by atoms with Crippen molar-refractivity contribution in [1.29, 1.82) is 0 Å². The maximum atomic E-state index is 13.3. The lowest BCUT2D eigenvalue weighted by molar-refractivity contribution is -0.120. The molecule has 0 unspecified atom stereocenters. The highest BCUT2D eigenvalue weighted by Gasteiger charge is 2.43. The first-order valence-electron chi connectivity index (χ1n) is 8.57. The molecule has 0 N–H and O–H groups in total. The maximum absolute atomic E-state index is 13.3. The molecular weight excluding hydrogens is 332 g/mol. The molecule has 5 heteroatoms. The number of carbonyl (C=O) groups excluding carboxylic acids is 2. The van der Waals surface area contributed by atoms with Gasteiger partial charge in [-0.05, 0) is 55.3 Å². The lowest BCUT2D eigenvalue weighted by Gasteiger charge is -2.21. The van der Waals surface area contributed by atoms with E-state index in [0.717, 1.165) is 41.9 Å². The van der Waals surface area contributed by atoms with Gasteiger partial charge in [0.05, 0.1) is 11.3 Å². The zero-order valence-corrected chi connectivity index (χ0v) is 15.2. The minimum atomic E-state index is -0.206. The molecular formula is C20H20N2O2S. The van der Waals surface area contributed by atoms with Crippen LogP contribution in [0.3, 0.4) is 0 Å². The zero-order chi connectivity index (χ0) is 17.6. The van der Waals surface area contributed by atoms with E-state index in [1.807, 2.05) is 49.6 Å². The topological polar surface area (TPSA) is 40.6 Å². The van der Waals surface area contributed by atoms with Crippen LogP contribution >= 0.6 is 11.3 Å². The van der Waals surface area contributed by atoms with Gasteiger partial charge in [-0.2, -0.15) is 0 Å². The summed E-state index contributed by atoms with van der Waals surface area (Å²) in [6.07, 6.45) is 2.12. The summed E-state index contributed by atoms with van der Waals surface area (Å²) in [4.78, 5) is 30.9. The van der Waals surface area contributed by atoms with Crippen LogP contribution in [0.5, 0.6) is 0 Å². The highest BCUT2D eigenvalue weighted by atomic mass is 32.1. The van der Waals surface area contributed by atoms with Crippen molar-refractivity contribution in [3.05, 3.63) is 57.4 Å². The average Bonchev–Trinajstić information content (AvgIpc) is 3.31. The number of aryl methyl sites for hydroxylation is 2. The Morgan fingerprint density at radius 2 is 1.76 bits per heavy atom. The number of thiophene rings is 1. The number of carbonyl (C=O) groups is 2. The Labute approximate surface area is 151 Å². The van der Waals surface area contributed by atoms with E-state index in [2.05, 4.69) is 4.90 Å². The van der Waals surface area contributed by atoms with Gasteiger partial charge in [0, 0.05) is 18.0 Å². The van der Waals surface area contributed by atoms with Crippen molar-refractivity contribution in [2.24, 2.45) is 0 Å². The summed E-state index contributed by atoms with van der Waals surface area (Å²) < 4.78 is 0. The lowest BCUT2D eigenvalue weighted by Crippen LogP contribution is -2.35. The van der Waals surface area contributed by atoms with Crippen molar-refractivity contribution in [1.82, 2.24) is 4.90 Å². The van der Waals surface area contributed by atoms with E-state index in [1.165, 1.54) is 16.2 Å². The number of amides is 2. The molecule has 4 rings (SSSR count). The predicted molar refractivity (Wildman–Crippen MR) is 100 cm³/mol. The monoisotopic (exact) mass is 352 g/mol. The van der Waals surface area contributed by atoms with Gasteiger partial charge in [0.15, 0.2) is 0 Å². The highest BCUT2D eigenvalue weighted by Crippen LogP contribution is 2.38. The number of nitrogens with zero attached hydrogens (tertiary/aromatic N) is 2. The highest BCUT2D eigenvalue weighted by molar-refractivity contribution is 7.11. The fourth-order valence-corrected chi connectivity index (χ4v) is 4.34. The molecule has 2 aliphatic rings. The fourth-order valence-electron chi connectivity index (χ4n) is 3.57. The minimum Gasteiger partial charge on any atom is -0.366 e. The van der Waals surface area contributed by atoms with Crippen LogP contribution in [0, 0.1) is 13.8 Å². The van der Waals surface area contributed by atoms with Gasteiger partial charge in [0.1, 0.15) is 5.70 Å². The zero-order valence-electron chi connectivity index (χ0n) is 14.4. The molecule has 128 valence electrons. The number of hydrogen-bond donors (Lipinski definition) is 0. The summed E-state index contributed by atoms with van der Waals surface area (Å²) in [5.74, 6) is -0.396. The summed E-state index contributed by atoms with van der Waals surface area (Å²) in [6, 6.07) is 9.73. The van der Waals surface area contributed by atoms with Crippen LogP contribution in [-0.4, -0.2) is 29.8 Å². The summed E-state index contributed by atoms with van der Waals surface area (Å²) in [6.45, 7) is 5.59. The van der Waals surface area contributed by atoms with E-state index in [-0.39, 0.29) is 11.8 Å². The van der Waals surface area contributed by atoms with Crippen molar-refractivity contribution >= 4 is 34.4 Å². The van der Waals surface area contributed by atoms with Crippen molar-refractivity contribution < 1.29 is 9.59 Å². The second kappa shape index (κ2) is 6.15. The van der Waals surface area contributed by atoms with Crippen molar-refractivity contribution in [3.8, 4) is 0 Å². The summed E-state index contributed by atoms with van der Waals surface area (Å²) in [7, 11) is 0. The normalized spacial score (nSPS) is 18.0. The van der Waals surface area contributed by atoms with Gasteiger partial charge in [0.2, 0.25) is 0 Å². The van der Waals surface area contributed by atoms with E-state index in [4.69, 9.17) is 0 Å². The predicted octanol–water partition coefficient (Wildman–Crippen LogP) is 3.75. The Kier molecular flexibility index (Phi) is 3.96. The van der Waals surface area contributed by atoms with Crippen molar-refractivity contribution in [2.45, 2.75) is 26.7 Å². The van der Waals surface area contributed by atoms with E-state index in [1.54, 1.807) is 0 Å². The van der Waals surface area contributed by atoms with Gasteiger partial charge in [-0.1, -0.05) is 18.2 Å². The SMILES string of the molecule is Cc1ccc(C)c(N2C(=O)C(c3cccs3)=C(N3CCCC3)C2=O)c1. The first-order chi connectivity index (χ1) is 12.1. The molecule has 2 amide bonds. The molecule has 3 heterocycles. The van der Waals surface area contributed by atoms with Crippen molar-refractivity contribution in [3.63, 3.8) is 0 Å². The number of imide groups is 1. The molecule has 0 atom stereocenters. The van der Waals surface area contributed by atoms with E-state index in [0.29, 0.717) is 17.0 Å². The summed E-state index contributed by atoms with van der Waals surface area (Å²) in [5, 5.41) is 1.95. The van der Waals surface area contributed by atoms with Crippen LogP contribution in [0.15, 0.2) is 41.4 Å². The van der Waals surface area contributed by atoms with Crippen LogP contribution in [0.1, 0.15) is 28.8 Å². The molecule has 0 radical (unpaired) electrons. The summed E-state index contributed by atoms with van der Waals surface area (Å²) >= 11 is 1.51. The third kappa shape index (κ3) is 2.59. The number of anilines is 1. The number of benzene rings is 1. The van der Waals surface area contributed by atoms with Gasteiger partial charge in [-0.25, -0.2) is 4.90 Å². The molecule has 1 saturated heterocycles. The van der Waals surface area contributed by atoms with Crippen LogP contribution in [0.2, 0.25) is 0 Å². The third-order valence-electron chi connectivity index (χ3n) is 4.85. The Balaban J connectivity index is 1.85. The lowest BCUT2D eigenvalue weighted by atomic mass is 10.1. The maximum Gasteiger partial charge on any atom is 0.282 e. The molecule has 25 heavy (non-hydrogen) atoms. The van der Waals surface area contributed by atoms with Crippen molar-refractivity contribution in [2.75, 3.05) is 18.0 Å². The Hall–Kier alpha value is -2.40. The first kappa shape index (κ1) is 16.1. The molecule has 1 aromatic carbocycles. The fraction of sp³-hybridized carbons (Fsp3) is 0.300. The average molecular weight is 352 g/mol. The van der Waals surface area contributed by atoms with Gasteiger partial charge in [-0.3, -0.25) is 9.59 Å². The smallest absolute Gasteiger partial charge is 0.282 e. The minimum absolute atomic E-state index is 0.191. The standard InChI is InChI=1S/C20H20N2O2S/c1-13-7-8-14(2)15(12-13)22-19(23)17(16-6-5-11-25-16)18(20(22)24)21-9-3-4-10-21/h5-8,11-12H,3-4,9-10H2,1-2H3. The Morgan fingerprint density at radius 3 is 2.44 bits per heavy atom. The van der Waals surface area contributed by atoms with E-state index < -0.39 is 0 Å². The van der Waals surface area contributed by atoms with E-state index in [9.17, 15) is 9.59 Å². The molecule has 0 aliphatic carbocycles. The third-order valence-corrected chi connectivity index (χ3v) is 5.74. The molecule has 2 aromatic rings. The molecule has 0 spiro atoms. The first-order valence-corrected chi connectivity index (χ1v) is 9.45. The quantitative estimate of drug-likeness (QED) is 0.790. The van der Waals surface area contributed by atoms with Gasteiger partial charge < -0.3 is 4.90 Å². The Morgan fingerprint density at radius 1 is 1.00 bits per heavy atom. The van der Waals surface area contributed by atoms with Gasteiger partial charge in [-0.15, -0.1) is 11.3 Å². The van der Waals surface area contributed by atoms with Gasteiger partial charge in [0.25, 0.3) is 11.8 Å². The van der Waals surface area contributed by atoms with Crippen LogP contribution in [-0.2, 0) is 9.59 Å². The Bertz CT molecular complexity index is 877. The number of likely N-dealkylation sites (tertiary alicyclic amines) is 1. The molecule has 2 aliphatic heterocycles. The molecule has 1 aromatic heterocycles. The molecule has 0 saturated carbocycles. The second-order valence-corrected chi connectivity index (χ2v) is 7.58.